The van der Waals surface area contributed by atoms with Crippen molar-refractivity contribution in [2.45, 2.75) is 81.9 Å². The van der Waals surface area contributed by atoms with Gasteiger partial charge < -0.3 is 9.88 Å². The van der Waals surface area contributed by atoms with Crippen molar-refractivity contribution in [1.82, 2.24) is 18.8 Å². The number of aromatic nitrogens is 2. The minimum Gasteiger partial charge on any atom is -0.329 e. The molecule has 0 radical (unpaired) electrons. The van der Waals surface area contributed by atoms with Gasteiger partial charge in [0.05, 0.1) is 17.1 Å². The van der Waals surface area contributed by atoms with Gasteiger partial charge in [-0.3, -0.25) is 9.80 Å². The van der Waals surface area contributed by atoms with E-state index in [-0.39, 0.29) is 6.03 Å². The van der Waals surface area contributed by atoms with Gasteiger partial charge in [0.2, 0.25) is 0 Å². The number of para-hydroxylation sites is 1. The van der Waals surface area contributed by atoms with E-state index in [0.29, 0.717) is 31.2 Å². The van der Waals surface area contributed by atoms with Gasteiger partial charge in [-0.15, -0.1) is 0 Å². The highest BCUT2D eigenvalue weighted by Gasteiger charge is 2.42. The number of fused-ring (bicyclic) bond motifs is 3. The molecule has 9 heteroatoms. The minimum atomic E-state index is -1.17. The fourth-order valence-corrected chi connectivity index (χ4v) is 9.03. The Morgan fingerprint density at radius 1 is 0.913 bits per heavy atom. The molecular formula is C37H44N6O2S. The van der Waals surface area contributed by atoms with E-state index in [0.717, 1.165) is 66.6 Å². The second-order valence-electron chi connectivity index (χ2n) is 13.0. The van der Waals surface area contributed by atoms with Crippen molar-refractivity contribution in [3.8, 4) is 0 Å². The van der Waals surface area contributed by atoms with Gasteiger partial charge in [-0.25, -0.2) is 18.3 Å². The van der Waals surface area contributed by atoms with Crippen LogP contribution in [0, 0.1) is 13.8 Å². The molecule has 2 unspecified atom stereocenters. The first kappa shape index (κ1) is 30.8. The Labute approximate surface area is 275 Å². The number of rotatable bonds is 9. The molecule has 4 atom stereocenters. The molecule has 4 aromatic rings. The molecule has 8 nitrogen and oxygen atoms in total. The number of imidazole rings is 1. The maximum Gasteiger partial charge on any atom is 0.326 e. The van der Waals surface area contributed by atoms with Gasteiger partial charge in [-0.2, -0.15) is 0 Å². The number of amides is 2. The first-order chi connectivity index (χ1) is 22.4. The molecule has 2 bridgehead atoms. The Bertz CT molecular complexity index is 1660. The summed E-state index contributed by atoms with van der Waals surface area (Å²) in [5.41, 5.74) is 5.33. The van der Waals surface area contributed by atoms with E-state index in [1.165, 1.54) is 24.1 Å². The van der Waals surface area contributed by atoms with Crippen molar-refractivity contribution >= 4 is 28.4 Å². The molecule has 1 aromatic heterocycles. The van der Waals surface area contributed by atoms with E-state index in [2.05, 4.69) is 26.0 Å². The first-order valence-electron chi connectivity index (χ1n) is 16.7. The Kier molecular flexibility index (Phi) is 9.06. The molecule has 0 spiro atoms. The summed E-state index contributed by atoms with van der Waals surface area (Å²) >= 11 is 0. The van der Waals surface area contributed by atoms with E-state index in [4.69, 9.17) is 4.98 Å². The monoisotopic (exact) mass is 636 g/mol. The number of nitrogens with zero attached hydrogens (tertiary/aromatic N) is 5. The summed E-state index contributed by atoms with van der Waals surface area (Å²) in [6, 6.07) is 29.2. The van der Waals surface area contributed by atoms with Crippen molar-refractivity contribution in [3.05, 3.63) is 108 Å². The Morgan fingerprint density at radius 2 is 1.59 bits per heavy atom. The lowest BCUT2D eigenvalue weighted by Crippen LogP contribution is -2.45. The van der Waals surface area contributed by atoms with Crippen LogP contribution in [-0.4, -0.2) is 60.7 Å². The summed E-state index contributed by atoms with van der Waals surface area (Å²) in [5.74, 6) is 1.09. The number of aryl methyl sites for hydroxylation is 2. The smallest absolute Gasteiger partial charge is 0.326 e. The minimum absolute atomic E-state index is 0.0942. The lowest BCUT2D eigenvalue weighted by molar-refractivity contribution is 0.104. The number of nitrogens with one attached hydrogen (secondary N) is 1. The molecule has 240 valence electrons. The molecule has 3 aliphatic heterocycles. The molecule has 3 aliphatic rings. The van der Waals surface area contributed by atoms with Crippen LogP contribution in [0.1, 0.15) is 60.9 Å². The zero-order chi connectivity index (χ0) is 31.6. The Balaban J connectivity index is 0.986. The molecule has 0 aliphatic carbocycles. The Hall–Kier alpha value is -3.79. The van der Waals surface area contributed by atoms with Gasteiger partial charge in [-0.05, 0) is 82.3 Å². The van der Waals surface area contributed by atoms with Crippen LogP contribution in [0.4, 0.5) is 16.2 Å². The van der Waals surface area contributed by atoms with Crippen molar-refractivity contribution in [2.75, 3.05) is 29.9 Å². The van der Waals surface area contributed by atoms with Crippen LogP contribution >= 0.6 is 0 Å². The normalized spacial score (nSPS) is 21.9. The van der Waals surface area contributed by atoms with E-state index >= 15 is 0 Å². The average molecular weight is 637 g/mol. The van der Waals surface area contributed by atoms with Crippen LogP contribution in [0.5, 0.6) is 0 Å². The van der Waals surface area contributed by atoms with Crippen LogP contribution in [0.15, 0.2) is 89.8 Å². The topological polar surface area (TPSA) is 73.7 Å². The number of carbonyl (C=O) groups is 1. The van der Waals surface area contributed by atoms with Crippen LogP contribution < -0.4 is 10.2 Å². The van der Waals surface area contributed by atoms with Crippen LogP contribution in [-0.2, 0) is 24.0 Å². The van der Waals surface area contributed by atoms with Gasteiger partial charge in [0, 0.05) is 61.2 Å². The van der Waals surface area contributed by atoms with Gasteiger partial charge in [0.25, 0.3) is 0 Å². The number of benzene rings is 3. The van der Waals surface area contributed by atoms with Crippen molar-refractivity contribution in [3.63, 3.8) is 0 Å². The molecule has 7 rings (SSSR count). The summed E-state index contributed by atoms with van der Waals surface area (Å²) in [4.78, 5) is 23.9. The van der Waals surface area contributed by atoms with Gasteiger partial charge in [-0.1, -0.05) is 54.1 Å². The summed E-state index contributed by atoms with van der Waals surface area (Å²) in [6.07, 6.45) is 6.53. The molecular weight excluding hydrogens is 593 g/mol. The molecule has 4 heterocycles. The fraction of sp³-hybridized carbons (Fsp3) is 0.405. The second-order valence-corrected chi connectivity index (χ2v) is 14.5. The third-order valence-corrected chi connectivity index (χ3v) is 11.5. The SMILES string of the molecule is Cc1ccc(NC(=O)N(CCCN2[C@@H]3CC[C@H]2CC(n2c(C)nc4c2CCN(S(=O)c2ccccc2)C4)C3)c2ccccc2)cc1. The number of carbonyl (C=O) groups excluding carboxylic acids is 1. The third kappa shape index (κ3) is 6.41. The predicted octanol–water partition coefficient (Wildman–Crippen LogP) is 6.88. The Morgan fingerprint density at radius 3 is 2.28 bits per heavy atom. The van der Waals surface area contributed by atoms with Crippen molar-refractivity contribution < 1.29 is 9.00 Å². The van der Waals surface area contributed by atoms with E-state index in [1.54, 1.807) is 0 Å². The highest BCUT2D eigenvalue weighted by molar-refractivity contribution is 7.82. The molecule has 1 N–H and O–H groups in total. The highest BCUT2D eigenvalue weighted by atomic mass is 32.2. The fourth-order valence-electron chi connectivity index (χ4n) is 7.84. The number of piperidine rings is 1. The van der Waals surface area contributed by atoms with Gasteiger partial charge in [0.15, 0.2) is 0 Å². The van der Waals surface area contributed by atoms with Gasteiger partial charge >= 0.3 is 6.03 Å². The van der Waals surface area contributed by atoms with Crippen molar-refractivity contribution in [1.29, 1.82) is 0 Å². The standard InChI is InChI=1S/C37H44N6O2S/c1-27-14-16-29(17-15-27)39-37(44)42(30-10-5-3-6-11-30)22-9-21-41-31-18-19-32(41)25-33(24-31)43-28(2)38-35-26-40(23-20-36(35)43)46(45)34-12-7-4-8-13-34/h3-8,10-17,31-33H,9,18-26H2,1-2H3,(H,39,44)/t31-,32+,33?,46?. The summed E-state index contributed by atoms with van der Waals surface area (Å²) in [7, 11) is -1.17. The second kappa shape index (κ2) is 13.5. The number of hydrogen-bond acceptors (Lipinski definition) is 4. The summed E-state index contributed by atoms with van der Waals surface area (Å²) in [6.45, 7) is 7.25. The summed E-state index contributed by atoms with van der Waals surface area (Å²) in [5, 5.41) is 3.10. The number of anilines is 2. The van der Waals surface area contributed by atoms with Crippen LogP contribution in [0.25, 0.3) is 0 Å². The quantitative estimate of drug-likeness (QED) is 0.218. The zero-order valence-corrected chi connectivity index (χ0v) is 27.7. The lowest BCUT2D eigenvalue weighted by atomic mass is 9.96. The maximum atomic E-state index is 13.4. The van der Waals surface area contributed by atoms with Gasteiger partial charge in [0.1, 0.15) is 16.8 Å². The number of hydrogen-bond donors (Lipinski definition) is 1. The van der Waals surface area contributed by atoms with E-state index in [1.807, 2.05) is 96.8 Å². The molecule has 2 fully saturated rings. The van der Waals surface area contributed by atoms with Crippen molar-refractivity contribution in [2.24, 2.45) is 0 Å². The zero-order valence-electron chi connectivity index (χ0n) is 26.8. The predicted molar refractivity (Wildman–Crippen MR) is 184 cm³/mol. The average Bonchev–Trinajstić information content (AvgIpc) is 3.53. The molecule has 0 saturated carbocycles. The largest absolute Gasteiger partial charge is 0.329 e. The highest BCUT2D eigenvalue weighted by Crippen LogP contribution is 2.42. The van der Waals surface area contributed by atoms with Crippen LogP contribution in [0.3, 0.4) is 0 Å². The maximum absolute atomic E-state index is 13.4. The summed E-state index contributed by atoms with van der Waals surface area (Å²) < 4.78 is 17.8. The number of urea groups is 1. The van der Waals surface area contributed by atoms with Crippen LogP contribution in [0.2, 0.25) is 0 Å². The van der Waals surface area contributed by atoms with E-state index < -0.39 is 11.0 Å². The lowest BCUT2D eigenvalue weighted by Gasteiger charge is -2.41. The van der Waals surface area contributed by atoms with E-state index in [9.17, 15) is 9.00 Å². The third-order valence-electron chi connectivity index (χ3n) is 10.0. The molecule has 2 saturated heterocycles. The molecule has 3 aromatic carbocycles. The molecule has 2 amide bonds. The molecule has 46 heavy (non-hydrogen) atoms. The first-order valence-corrected chi connectivity index (χ1v) is 17.8.